The molecule has 0 radical (unpaired) electrons. The van der Waals surface area contributed by atoms with Crippen molar-refractivity contribution in [3.05, 3.63) is 47.5 Å². The number of carbonyl (C=O) groups is 1. The molecule has 0 saturated heterocycles. The second-order valence-electron chi connectivity index (χ2n) is 4.89. The lowest BCUT2D eigenvalue weighted by atomic mass is 10.1. The van der Waals surface area contributed by atoms with Crippen LogP contribution in [0.3, 0.4) is 0 Å². The van der Waals surface area contributed by atoms with E-state index >= 15 is 0 Å². The van der Waals surface area contributed by atoms with E-state index < -0.39 is 0 Å². The first-order chi connectivity index (χ1) is 9.99. The fraction of sp³-hybridized carbons (Fsp3) is 0.250. The van der Waals surface area contributed by atoms with Crippen molar-refractivity contribution < 1.29 is 4.79 Å². The van der Waals surface area contributed by atoms with Crippen LogP contribution in [0.4, 0.5) is 5.69 Å². The van der Waals surface area contributed by atoms with E-state index in [1.165, 1.54) is 11.3 Å². The van der Waals surface area contributed by atoms with Gasteiger partial charge >= 0.3 is 0 Å². The number of amides is 1. The van der Waals surface area contributed by atoms with E-state index in [0.717, 1.165) is 21.5 Å². The van der Waals surface area contributed by atoms with Crippen LogP contribution >= 0.6 is 11.3 Å². The number of hydrogen-bond acceptors (Lipinski definition) is 4. The van der Waals surface area contributed by atoms with Gasteiger partial charge in [0, 0.05) is 24.2 Å². The lowest BCUT2D eigenvalue weighted by Gasteiger charge is -2.18. The molecule has 0 bridgehead atoms. The molecule has 5 heteroatoms. The van der Waals surface area contributed by atoms with E-state index in [1.54, 1.807) is 17.1 Å². The van der Waals surface area contributed by atoms with Crippen LogP contribution in [0, 0.1) is 13.8 Å². The van der Waals surface area contributed by atoms with Gasteiger partial charge in [0.2, 0.25) is 0 Å². The summed E-state index contributed by atoms with van der Waals surface area (Å²) >= 11 is 1.34. The van der Waals surface area contributed by atoms with E-state index in [-0.39, 0.29) is 5.91 Å². The number of carbonyl (C=O) groups excluding carboxylic acids is 1. The highest BCUT2D eigenvalue weighted by molar-refractivity contribution is 7.21. The molecule has 0 aliphatic carbocycles. The fourth-order valence-corrected chi connectivity index (χ4v) is 3.51. The molecule has 0 spiro atoms. The number of pyridine rings is 1. The summed E-state index contributed by atoms with van der Waals surface area (Å²) in [4.78, 5) is 20.1. The first kappa shape index (κ1) is 15.3. The third kappa shape index (κ3) is 2.83. The van der Waals surface area contributed by atoms with Crippen molar-refractivity contribution in [2.24, 2.45) is 0 Å². The van der Waals surface area contributed by atoms with Gasteiger partial charge in [-0.3, -0.25) is 4.79 Å². The number of rotatable bonds is 5. The minimum atomic E-state index is -0.104. The van der Waals surface area contributed by atoms with Crippen molar-refractivity contribution >= 4 is 33.1 Å². The summed E-state index contributed by atoms with van der Waals surface area (Å²) in [5.41, 5.74) is 8.68. The van der Waals surface area contributed by atoms with E-state index in [2.05, 4.69) is 18.1 Å². The Labute approximate surface area is 128 Å². The fourth-order valence-electron chi connectivity index (χ4n) is 2.32. The number of aryl methyl sites for hydroxylation is 2. The highest BCUT2D eigenvalue weighted by atomic mass is 32.1. The molecule has 0 atom stereocenters. The number of aromatic nitrogens is 1. The van der Waals surface area contributed by atoms with Crippen LogP contribution in [-0.4, -0.2) is 28.9 Å². The SMILES string of the molecule is C=CCN(CC=C)C(=O)c1sc2nc(C)cc(C)c2c1N. The Kier molecular flexibility index (Phi) is 4.43. The molecule has 110 valence electrons. The van der Waals surface area contributed by atoms with Gasteiger partial charge in [0.25, 0.3) is 5.91 Å². The van der Waals surface area contributed by atoms with Gasteiger partial charge in [0.1, 0.15) is 9.71 Å². The third-order valence-electron chi connectivity index (χ3n) is 3.20. The zero-order valence-electron chi connectivity index (χ0n) is 12.3. The van der Waals surface area contributed by atoms with Crippen LogP contribution in [0.15, 0.2) is 31.4 Å². The van der Waals surface area contributed by atoms with E-state index in [4.69, 9.17) is 5.73 Å². The summed E-state index contributed by atoms with van der Waals surface area (Å²) < 4.78 is 0. The minimum absolute atomic E-state index is 0.104. The maximum atomic E-state index is 12.6. The molecular formula is C16H19N3OS. The predicted molar refractivity (Wildman–Crippen MR) is 89.8 cm³/mol. The predicted octanol–water partition coefficient (Wildman–Crippen LogP) is 3.31. The van der Waals surface area contributed by atoms with E-state index in [0.29, 0.717) is 23.7 Å². The molecule has 4 nitrogen and oxygen atoms in total. The molecule has 0 aromatic carbocycles. The monoisotopic (exact) mass is 301 g/mol. The molecule has 0 aliphatic heterocycles. The molecule has 2 heterocycles. The maximum Gasteiger partial charge on any atom is 0.266 e. The number of fused-ring (bicyclic) bond motifs is 1. The molecule has 0 aliphatic rings. The van der Waals surface area contributed by atoms with Crippen LogP contribution in [0.1, 0.15) is 20.9 Å². The Morgan fingerprint density at radius 1 is 1.38 bits per heavy atom. The zero-order chi connectivity index (χ0) is 15.6. The summed E-state index contributed by atoms with van der Waals surface area (Å²) in [7, 11) is 0. The van der Waals surface area contributed by atoms with Crippen LogP contribution in [0.25, 0.3) is 10.2 Å². The van der Waals surface area contributed by atoms with Crippen molar-refractivity contribution in [1.29, 1.82) is 0 Å². The zero-order valence-corrected chi connectivity index (χ0v) is 13.2. The summed E-state index contributed by atoms with van der Waals surface area (Å²) in [5.74, 6) is -0.104. The van der Waals surface area contributed by atoms with Crippen LogP contribution in [0.2, 0.25) is 0 Å². The lowest BCUT2D eigenvalue weighted by molar-refractivity contribution is 0.0796. The molecule has 1 amide bonds. The van der Waals surface area contributed by atoms with Crippen molar-refractivity contribution in [3.63, 3.8) is 0 Å². The molecule has 2 N–H and O–H groups in total. The number of nitrogens with zero attached hydrogens (tertiary/aromatic N) is 2. The Morgan fingerprint density at radius 3 is 2.57 bits per heavy atom. The highest BCUT2D eigenvalue weighted by Gasteiger charge is 2.22. The van der Waals surface area contributed by atoms with Gasteiger partial charge in [-0.2, -0.15) is 0 Å². The quantitative estimate of drug-likeness (QED) is 0.862. The summed E-state index contributed by atoms with van der Waals surface area (Å²) in [6, 6.07) is 1.98. The summed E-state index contributed by atoms with van der Waals surface area (Å²) in [6.07, 6.45) is 3.39. The molecule has 0 fully saturated rings. The summed E-state index contributed by atoms with van der Waals surface area (Å²) in [6.45, 7) is 12.2. The smallest absolute Gasteiger partial charge is 0.266 e. The average Bonchev–Trinajstić information content (AvgIpc) is 2.74. The van der Waals surface area contributed by atoms with Crippen LogP contribution < -0.4 is 5.73 Å². The molecule has 0 saturated carbocycles. The van der Waals surface area contributed by atoms with E-state index in [9.17, 15) is 4.79 Å². The Hall–Kier alpha value is -2.14. The molecular weight excluding hydrogens is 282 g/mol. The first-order valence-electron chi connectivity index (χ1n) is 6.66. The molecule has 2 rings (SSSR count). The maximum absolute atomic E-state index is 12.6. The highest BCUT2D eigenvalue weighted by Crippen LogP contribution is 2.35. The average molecular weight is 301 g/mol. The van der Waals surface area contributed by atoms with Gasteiger partial charge in [0.05, 0.1) is 5.69 Å². The number of thiophene rings is 1. The number of anilines is 1. The van der Waals surface area contributed by atoms with Gasteiger partial charge in [-0.15, -0.1) is 24.5 Å². The number of hydrogen-bond donors (Lipinski definition) is 1. The van der Waals surface area contributed by atoms with Crippen molar-refractivity contribution in [3.8, 4) is 0 Å². The van der Waals surface area contributed by atoms with Gasteiger partial charge in [-0.1, -0.05) is 12.2 Å². The van der Waals surface area contributed by atoms with Gasteiger partial charge in [0.15, 0.2) is 0 Å². The minimum Gasteiger partial charge on any atom is -0.397 e. The normalized spacial score (nSPS) is 10.6. The molecule has 0 unspecified atom stereocenters. The van der Waals surface area contributed by atoms with Crippen LogP contribution in [0.5, 0.6) is 0 Å². The molecule has 21 heavy (non-hydrogen) atoms. The molecule has 2 aromatic rings. The number of nitrogen functional groups attached to an aromatic ring is 1. The van der Waals surface area contributed by atoms with E-state index in [1.807, 2.05) is 19.9 Å². The summed E-state index contributed by atoms with van der Waals surface area (Å²) in [5, 5.41) is 0.881. The standard InChI is InChI=1S/C16H19N3OS/c1-5-7-19(8-6-2)16(20)14-13(17)12-10(3)9-11(4)18-15(12)21-14/h5-6,9H,1-2,7-8,17H2,3-4H3. The Morgan fingerprint density at radius 2 is 2.00 bits per heavy atom. The van der Waals surface area contributed by atoms with Gasteiger partial charge in [-0.25, -0.2) is 4.98 Å². The second-order valence-corrected chi connectivity index (χ2v) is 5.89. The van der Waals surface area contributed by atoms with Gasteiger partial charge in [-0.05, 0) is 25.5 Å². The topological polar surface area (TPSA) is 59.2 Å². The lowest BCUT2D eigenvalue weighted by Crippen LogP contribution is -2.31. The van der Waals surface area contributed by atoms with Crippen LogP contribution in [-0.2, 0) is 0 Å². The van der Waals surface area contributed by atoms with Crippen molar-refractivity contribution in [1.82, 2.24) is 9.88 Å². The van der Waals surface area contributed by atoms with Gasteiger partial charge < -0.3 is 10.6 Å². The Balaban J connectivity index is 2.53. The largest absolute Gasteiger partial charge is 0.397 e. The first-order valence-corrected chi connectivity index (χ1v) is 7.48. The van der Waals surface area contributed by atoms with Crippen molar-refractivity contribution in [2.45, 2.75) is 13.8 Å². The van der Waals surface area contributed by atoms with Crippen molar-refractivity contribution in [2.75, 3.05) is 18.8 Å². The number of nitrogens with two attached hydrogens (primary N) is 1. The Bertz CT molecular complexity index is 708. The molecule has 2 aromatic heterocycles. The second kappa shape index (κ2) is 6.10. The third-order valence-corrected chi connectivity index (χ3v) is 4.29.